The number of carbonyl (C=O) groups excluding carboxylic acids is 2. The number of carbonyl (C=O) groups is 2. The van der Waals surface area contributed by atoms with Gasteiger partial charge in [0.15, 0.2) is 0 Å². The molecule has 1 aromatic heterocycles. The fourth-order valence-electron chi connectivity index (χ4n) is 3.15. The van der Waals surface area contributed by atoms with Crippen LogP contribution in [0.1, 0.15) is 21.5 Å². The molecule has 3 amide bonds. The van der Waals surface area contributed by atoms with Crippen LogP contribution in [0, 0.1) is 6.92 Å². The molecule has 35 heavy (non-hydrogen) atoms. The van der Waals surface area contributed by atoms with Crippen LogP contribution in [-0.2, 0) is 6.61 Å². The van der Waals surface area contributed by atoms with Crippen LogP contribution in [0.15, 0.2) is 82.0 Å². The second kappa shape index (κ2) is 11.4. The van der Waals surface area contributed by atoms with Gasteiger partial charge in [-0.05, 0) is 101 Å². The molecule has 6 nitrogen and oxygen atoms in total. The van der Waals surface area contributed by atoms with Gasteiger partial charge in [-0.2, -0.15) is 0 Å². The smallest absolute Gasteiger partial charge is 0.323 e. The number of rotatable bonds is 7. The zero-order chi connectivity index (χ0) is 24.8. The van der Waals surface area contributed by atoms with Crippen molar-refractivity contribution in [2.24, 2.45) is 0 Å². The van der Waals surface area contributed by atoms with E-state index in [2.05, 4.69) is 31.9 Å². The maximum Gasteiger partial charge on any atom is 0.323 e. The summed E-state index contributed by atoms with van der Waals surface area (Å²) in [5, 5.41) is 11.0. The molecule has 0 bridgehead atoms. The lowest BCUT2D eigenvalue weighted by Gasteiger charge is -2.12. The average Bonchev–Trinajstić information content (AvgIpc) is 3.26. The summed E-state index contributed by atoms with van der Waals surface area (Å²) in [4.78, 5) is 25.0. The van der Waals surface area contributed by atoms with Gasteiger partial charge in [0.1, 0.15) is 12.4 Å². The van der Waals surface area contributed by atoms with Gasteiger partial charge in [0.05, 0.1) is 3.79 Å². The van der Waals surface area contributed by atoms with Crippen molar-refractivity contribution in [3.8, 4) is 5.75 Å². The molecule has 4 rings (SSSR count). The molecule has 0 saturated carbocycles. The molecule has 0 fully saturated rings. The van der Waals surface area contributed by atoms with E-state index >= 15 is 0 Å². The Hall–Kier alpha value is -3.33. The summed E-state index contributed by atoms with van der Waals surface area (Å²) in [6, 6.07) is 20.7. The Kier molecular flexibility index (Phi) is 8.07. The molecule has 0 aliphatic carbocycles. The standard InChI is InChI=1S/C26H21BrClN3O3S/c1-16-2-3-18(13-23(16)34-14-17-12-24(27)35-15-17)25(32)29-20-8-10-22(11-9-20)31-26(33)30-21-6-4-19(28)5-7-21/h2-13,15H,14H2,1H3,(H,29,32)(H2,30,31,33). The van der Waals surface area contributed by atoms with Gasteiger partial charge in [0.2, 0.25) is 0 Å². The Bertz CT molecular complexity index is 1340. The lowest BCUT2D eigenvalue weighted by Crippen LogP contribution is -2.19. The number of hydrogen-bond acceptors (Lipinski definition) is 4. The van der Waals surface area contributed by atoms with E-state index in [1.54, 1.807) is 72.0 Å². The molecule has 4 aromatic rings. The van der Waals surface area contributed by atoms with E-state index in [4.69, 9.17) is 16.3 Å². The molecule has 178 valence electrons. The summed E-state index contributed by atoms with van der Waals surface area (Å²) in [6.45, 7) is 2.36. The summed E-state index contributed by atoms with van der Waals surface area (Å²) in [6.07, 6.45) is 0. The maximum atomic E-state index is 12.8. The van der Waals surface area contributed by atoms with Crippen LogP contribution in [0.25, 0.3) is 0 Å². The van der Waals surface area contributed by atoms with Crippen molar-refractivity contribution in [2.45, 2.75) is 13.5 Å². The molecule has 0 saturated heterocycles. The van der Waals surface area contributed by atoms with Gasteiger partial charge in [0, 0.05) is 33.2 Å². The Balaban J connectivity index is 1.33. The Morgan fingerprint density at radius 2 is 1.49 bits per heavy atom. The van der Waals surface area contributed by atoms with Gasteiger partial charge in [0.25, 0.3) is 5.91 Å². The number of urea groups is 1. The van der Waals surface area contributed by atoms with Crippen LogP contribution in [-0.4, -0.2) is 11.9 Å². The Morgan fingerprint density at radius 1 is 0.886 bits per heavy atom. The first-order chi connectivity index (χ1) is 16.9. The van der Waals surface area contributed by atoms with Crippen molar-refractivity contribution in [1.29, 1.82) is 0 Å². The molecule has 0 atom stereocenters. The van der Waals surface area contributed by atoms with Crippen molar-refractivity contribution < 1.29 is 14.3 Å². The molecular formula is C26H21BrClN3O3S. The van der Waals surface area contributed by atoms with Gasteiger partial charge in [-0.25, -0.2) is 4.79 Å². The molecule has 0 aliphatic rings. The van der Waals surface area contributed by atoms with Crippen LogP contribution in [0.2, 0.25) is 5.02 Å². The van der Waals surface area contributed by atoms with Gasteiger partial charge in [-0.1, -0.05) is 17.7 Å². The number of thiophene rings is 1. The van der Waals surface area contributed by atoms with E-state index in [-0.39, 0.29) is 11.9 Å². The van der Waals surface area contributed by atoms with Crippen molar-refractivity contribution in [2.75, 3.05) is 16.0 Å². The van der Waals surface area contributed by atoms with E-state index < -0.39 is 0 Å². The molecule has 0 radical (unpaired) electrons. The van der Waals surface area contributed by atoms with E-state index in [0.29, 0.717) is 40.0 Å². The summed E-state index contributed by atoms with van der Waals surface area (Å²) in [7, 11) is 0. The number of nitrogens with one attached hydrogen (secondary N) is 3. The second-order valence-electron chi connectivity index (χ2n) is 7.65. The minimum Gasteiger partial charge on any atom is -0.489 e. The number of anilines is 3. The third-order valence-electron chi connectivity index (χ3n) is 4.97. The number of amides is 3. The predicted molar refractivity (Wildman–Crippen MR) is 146 cm³/mol. The highest BCUT2D eigenvalue weighted by Gasteiger charge is 2.11. The van der Waals surface area contributed by atoms with Crippen molar-refractivity contribution in [3.05, 3.63) is 104 Å². The molecule has 3 N–H and O–H groups in total. The van der Waals surface area contributed by atoms with E-state index in [1.807, 2.05) is 24.4 Å². The molecule has 3 aromatic carbocycles. The first-order valence-corrected chi connectivity index (χ1v) is 12.6. The third kappa shape index (κ3) is 7.08. The quantitative estimate of drug-likeness (QED) is 0.211. The maximum absolute atomic E-state index is 12.8. The fourth-order valence-corrected chi connectivity index (χ4v) is 4.47. The highest BCUT2D eigenvalue weighted by Crippen LogP contribution is 2.25. The average molecular weight is 571 g/mol. The van der Waals surface area contributed by atoms with Crippen LogP contribution < -0.4 is 20.7 Å². The van der Waals surface area contributed by atoms with Crippen molar-refractivity contribution in [3.63, 3.8) is 0 Å². The monoisotopic (exact) mass is 569 g/mol. The van der Waals surface area contributed by atoms with Crippen LogP contribution in [0.3, 0.4) is 0 Å². The topological polar surface area (TPSA) is 79.5 Å². The molecule has 0 spiro atoms. The number of benzene rings is 3. The summed E-state index contributed by atoms with van der Waals surface area (Å²) in [5.41, 5.74) is 4.31. The third-order valence-corrected chi connectivity index (χ3v) is 6.77. The summed E-state index contributed by atoms with van der Waals surface area (Å²) >= 11 is 10.9. The van der Waals surface area contributed by atoms with Crippen LogP contribution in [0.5, 0.6) is 5.75 Å². The molecule has 0 unspecified atom stereocenters. The number of halogens is 2. The lowest BCUT2D eigenvalue weighted by molar-refractivity contribution is 0.102. The van der Waals surface area contributed by atoms with Crippen molar-refractivity contribution >= 4 is 67.9 Å². The van der Waals surface area contributed by atoms with E-state index in [1.165, 1.54) is 0 Å². The zero-order valence-electron chi connectivity index (χ0n) is 18.6. The SMILES string of the molecule is Cc1ccc(C(=O)Nc2ccc(NC(=O)Nc3ccc(Cl)cc3)cc2)cc1OCc1csc(Br)c1. The van der Waals surface area contributed by atoms with Gasteiger partial charge in [-0.15, -0.1) is 11.3 Å². The van der Waals surface area contributed by atoms with E-state index in [0.717, 1.165) is 14.9 Å². The normalized spacial score (nSPS) is 10.5. The van der Waals surface area contributed by atoms with Crippen LogP contribution in [0.4, 0.5) is 21.9 Å². The number of ether oxygens (including phenoxy) is 1. The molecule has 9 heteroatoms. The summed E-state index contributed by atoms with van der Waals surface area (Å²) in [5.74, 6) is 0.403. The minimum absolute atomic E-state index is 0.255. The minimum atomic E-state index is -0.383. The van der Waals surface area contributed by atoms with E-state index in [9.17, 15) is 9.59 Å². The molecule has 1 heterocycles. The first-order valence-electron chi connectivity index (χ1n) is 10.6. The zero-order valence-corrected chi connectivity index (χ0v) is 21.8. The van der Waals surface area contributed by atoms with Crippen molar-refractivity contribution in [1.82, 2.24) is 0 Å². The van der Waals surface area contributed by atoms with Gasteiger partial charge >= 0.3 is 6.03 Å². The first kappa shape index (κ1) is 24.8. The summed E-state index contributed by atoms with van der Waals surface area (Å²) < 4.78 is 6.98. The second-order valence-corrected chi connectivity index (χ2v) is 10.4. The molecule has 0 aliphatic heterocycles. The Morgan fingerprint density at radius 3 is 2.09 bits per heavy atom. The largest absolute Gasteiger partial charge is 0.489 e. The van der Waals surface area contributed by atoms with Gasteiger partial charge in [-0.3, -0.25) is 4.79 Å². The number of hydrogen-bond donors (Lipinski definition) is 3. The lowest BCUT2D eigenvalue weighted by atomic mass is 10.1. The van der Waals surface area contributed by atoms with Gasteiger partial charge < -0.3 is 20.7 Å². The highest BCUT2D eigenvalue weighted by molar-refractivity contribution is 9.11. The number of aryl methyl sites for hydroxylation is 1. The predicted octanol–water partition coefficient (Wildman–Crippen LogP) is 7.95. The molecular weight excluding hydrogens is 550 g/mol. The fraction of sp³-hybridized carbons (Fsp3) is 0.0769. The highest BCUT2D eigenvalue weighted by atomic mass is 79.9. The van der Waals surface area contributed by atoms with Crippen LogP contribution >= 0.6 is 38.9 Å². The Labute approximate surface area is 220 Å².